The Balaban J connectivity index is 1.50. The molecule has 1 saturated heterocycles. The normalized spacial score (nSPS) is 22.0. The smallest absolute Gasteiger partial charge is 0.270 e. The molecule has 2 aromatic rings. The number of morpholine rings is 1. The van der Waals surface area contributed by atoms with Crippen LogP contribution in [0.5, 0.6) is 0 Å². The van der Waals surface area contributed by atoms with E-state index >= 15 is 0 Å². The Hall–Kier alpha value is -2.11. The Labute approximate surface area is 147 Å². The van der Waals surface area contributed by atoms with Crippen molar-refractivity contribution in [3.8, 4) is 0 Å². The van der Waals surface area contributed by atoms with Crippen molar-refractivity contribution in [2.24, 2.45) is 0 Å². The van der Waals surface area contributed by atoms with E-state index in [-0.39, 0.29) is 11.9 Å². The van der Waals surface area contributed by atoms with E-state index in [1.807, 2.05) is 53.6 Å². The maximum absolute atomic E-state index is 13.1. The lowest BCUT2D eigenvalue weighted by atomic mass is 10.0. The fraction of sp³-hybridized carbons (Fsp3) is 0.450. The molecule has 1 N–H and O–H groups in total. The second kappa shape index (κ2) is 7.02. The quantitative estimate of drug-likeness (QED) is 0.911. The van der Waals surface area contributed by atoms with Crippen LogP contribution in [0.1, 0.15) is 47.5 Å². The number of amides is 1. The van der Waals surface area contributed by atoms with Gasteiger partial charge in [-0.25, -0.2) is 0 Å². The second-order valence-electron chi connectivity index (χ2n) is 6.92. The van der Waals surface area contributed by atoms with Crippen LogP contribution in [0.15, 0.2) is 48.7 Å². The summed E-state index contributed by atoms with van der Waals surface area (Å²) in [6.07, 6.45) is 4.18. The number of nitrogens with zero attached hydrogens (tertiary/aromatic N) is 2. The molecule has 1 aliphatic carbocycles. The standard InChI is InChI=1S/C20H24N2O3/c23-19(15-5-2-1-3-6-15)13-17-14-25-12-11-22(17)20(24)18-7-4-10-21(18)16-8-9-16/h1-7,10,16-17,19,23H,8-9,11-14H2. The molecular weight excluding hydrogens is 316 g/mol. The van der Waals surface area contributed by atoms with Crippen LogP contribution in [0.4, 0.5) is 0 Å². The van der Waals surface area contributed by atoms with Gasteiger partial charge in [0.1, 0.15) is 5.69 Å². The molecule has 0 spiro atoms. The predicted molar refractivity (Wildman–Crippen MR) is 94.4 cm³/mol. The van der Waals surface area contributed by atoms with Crippen LogP contribution in [0.2, 0.25) is 0 Å². The van der Waals surface area contributed by atoms with Crippen molar-refractivity contribution in [1.29, 1.82) is 0 Å². The number of hydrogen-bond acceptors (Lipinski definition) is 3. The van der Waals surface area contributed by atoms with E-state index in [0.29, 0.717) is 32.2 Å². The number of rotatable bonds is 5. The van der Waals surface area contributed by atoms with Crippen LogP contribution >= 0.6 is 0 Å². The van der Waals surface area contributed by atoms with Crippen LogP contribution < -0.4 is 0 Å². The largest absolute Gasteiger partial charge is 0.388 e. The monoisotopic (exact) mass is 340 g/mol. The van der Waals surface area contributed by atoms with Gasteiger partial charge in [-0.2, -0.15) is 0 Å². The highest BCUT2D eigenvalue weighted by Crippen LogP contribution is 2.36. The van der Waals surface area contributed by atoms with Gasteiger partial charge in [-0.05, 0) is 30.5 Å². The summed E-state index contributed by atoms with van der Waals surface area (Å²) in [5.41, 5.74) is 1.63. The molecule has 132 valence electrons. The summed E-state index contributed by atoms with van der Waals surface area (Å²) in [5.74, 6) is 0.0467. The summed E-state index contributed by atoms with van der Waals surface area (Å²) in [6, 6.07) is 13.8. The highest BCUT2D eigenvalue weighted by atomic mass is 16.5. The molecule has 2 aliphatic rings. The van der Waals surface area contributed by atoms with E-state index in [1.165, 1.54) is 0 Å². The van der Waals surface area contributed by atoms with E-state index in [1.54, 1.807) is 0 Å². The Morgan fingerprint density at radius 2 is 2.00 bits per heavy atom. The molecule has 0 bridgehead atoms. The molecule has 5 heteroatoms. The summed E-state index contributed by atoms with van der Waals surface area (Å²) in [6.45, 7) is 1.59. The molecule has 2 atom stereocenters. The van der Waals surface area contributed by atoms with Gasteiger partial charge in [-0.1, -0.05) is 30.3 Å². The number of carbonyl (C=O) groups excluding carboxylic acids is 1. The molecule has 2 fully saturated rings. The first-order valence-corrected chi connectivity index (χ1v) is 9.02. The first kappa shape index (κ1) is 16.4. The number of aliphatic hydroxyl groups excluding tert-OH is 1. The van der Waals surface area contributed by atoms with Gasteiger partial charge in [0, 0.05) is 25.2 Å². The molecule has 2 heterocycles. The molecule has 1 saturated carbocycles. The molecule has 0 radical (unpaired) electrons. The van der Waals surface area contributed by atoms with Gasteiger partial charge < -0.3 is 19.3 Å². The van der Waals surface area contributed by atoms with Crippen LogP contribution in [0, 0.1) is 0 Å². The van der Waals surface area contributed by atoms with Gasteiger partial charge in [-0.3, -0.25) is 4.79 Å². The van der Waals surface area contributed by atoms with Crippen molar-refractivity contribution >= 4 is 5.91 Å². The highest BCUT2D eigenvalue weighted by Gasteiger charge is 2.33. The minimum absolute atomic E-state index is 0.0467. The van der Waals surface area contributed by atoms with Crippen molar-refractivity contribution in [1.82, 2.24) is 9.47 Å². The number of ether oxygens (including phenoxy) is 1. The Morgan fingerprint density at radius 3 is 2.76 bits per heavy atom. The lowest BCUT2D eigenvalue weighted by molar-refractivity contribution is -0.0178. The van der Waals surface area contributed by atoms with E-state index in [9.17, 15) is 9.90 Å². The highest BCUT2D eigenvalue weighted by molar-refractivity contribution is 5.93. The van der Waals surface area contributed by atoms with Crippen molar-refractivity contribution in [2.75, 3.05) is 19.8 Å². The maximum Gasteiger partial charge on any atom is 0.270 e. The van der Waals surface area contributed by atoms with E-state index in [0.717, 1.165) is 24.1 Å². The van der Waals surface area contributed by atoms with Crippen molar-refractivity contribution in [3.05, 3.63) is 59.9 Å². The zero-order chi connectivity index (χ0) is 17.2. The predicted octanol–water partition coefficient (Wildman–Crippen LogP) is 2.79. The summed E-state index contributed by atoms with van der Waals surface area (Å²) < 4.78 is 7.69. The molecule has 25 heavy (non-hydrogen) atoms. The Morgan fingerprint density at radius 1 is 1.20 bits per heavy atom. The third kappa shape index (κ3) is 3.48. The van der Waals surface area contributed by atoms with Gasteiger partial charge >= 0.3 is 0 Å². The molecule has 5 nitrogen and oxygen atoms in total. The molecular formula is C20H24N2O3. The van der Waals surface area contributed by atoms with Crippen LogP contribution in [0.3, 0.4) is 0 Å². The summed E-state index contributed by atoms with van der Waals surface area (Å²) in [4.78, 5) is 15.0. The average Bonchev–Trinajstić information content (AvgIpc) is 3.39. The maximum atomic E-state index is 13.1. The van der Waals surface area contributed by atoms with Gasteiger partial charge in [-0.15, -0.1) is 0 Å². The topological polar surface area (TPSA) is 54.7 Å². The van der Waals surface area contributed by atoms with Gasteiger partial charge in [0.2, 0.25) is 0 Å². The minimum atomic E-state index is -0.599. The number of aromatic nitrogens is 1. The minimum Gasteiger partial charge on any atom is -0.388 e. The summed E-state index contributed by atoms with van der Waals surface area (Å²) in [7, 11) is 0. The number of benzene rings is 1. The first-order valence-electron chi connectivity index (χ1n) is 9.02. The van der Waals surface area contributed by atoms with Gasteiger partial charge in [0.05, 0.1) is 25.4 Å². The summed E-state index contributed by atoms with van der Waals surface area (Å²) >= 11 is 0. The first-order chi connectivity index (χ1) is 12.2. The van der Waals surface area contributed by atoms with Crippen LogP contribution in [-0.4, -0.2) is 46.3 Å². The SMILES string of the molecule is O=C(c1cccn1C1CC1)N1CCOCC1CC(O)c1ccccc1. The Bertz CT molecular complexity index is 724. The third-order valence-electron chi connectivity index (χ3n) is 5.11. The zero-order valence-electron chi connectivity index (χ0n) is 14.3. The average molecular weight is 340 g/mol. The lowest BCUT2D eigenvalue weighted by Crippen LogP contribution is -2.49. The summed E-state index contributed by atoms with van der Waals surface area (Å²) in [5, 5.41) is 10.6. The lowest BCUT2D eigenvalue weighted by Gasteiger charge is -2.37. The van der Waals surface area contributed by atoms with E-state index in [4.69, 9.17) is 4.74 Å². The molecule has 1 amide bonds. The molecule has 1 aromatic heterocycles. The van der Waals surface area contributed by atoms with Crippen LogP contribution in [-0.2, 0) is 4.74 Å². The van der Waals surface area contributed by atoms with Crippen molar-refractivity contribution < 1.29 is 14.6 Å². The fourth-order valence-electron chi connectivity index (χ4n) is 3.58. The number of carbonyl (C=O) groups is 1. The number of hydrogen-bond donors (Lipinski definition) is 1. The zero-order valence-corrected chi connectivity index (χ0v) is 14.3. The number of aliphatic hydroxyl groups is 1. The van der Waals surface area contributed by atoms with Crippen LogP contribution in [0.25, 0.3) is 0 Å². The van der Waals surface area contributed by atoms with Gasteiger partial charge in [0.15, 0.2) is 0 Å². The van der Waals surface area contributed by atoms with Crippen molar-refractivity contribution in [3.63, 3.8) is 0 Å². The van der Waals surface area contributed by atoms with Gasteiger partial charge in [0.25, 0.3) is 5.91 Å². The fourth-order valence-corrected chi connectivity index (χ4v) is 3.58. The third-order valence-corrected chi connectivity index (χ3v) is 5.11. The van der Waals surface area contributed by atoms with Crippen molar-refractivity contribution in [2.45, 2.75) is 37.5 Å². The molecule has 1 aliphatic heterocycles. The molecule has 1 aromatic carbocycles. The molecule has 2 unspecified atom stereocenters. The Kier molecular flexibility index (Phi) is 4.59. The van der Waals surface area contributed by atoms with E-state index in [2.05, 4.69) is 4.57 Å². The van der Waals surface area contributed by atoms with E-state index < -0.39 is 6.10 Å². The second-order valence-corrected chi connectivity index (χ2v) is 6.92. The molecule has 4 rings (SSSR count).